The van der Waals surface area contributed by atoms with E-state index in [-0.39, 0.29) is 11.2 Å². The fourth-order valence-corrected chi connectivity index (χ4v) is 2.75. The number of rotatable bonds is 4. The Kier molecular flexibility index (Phi) is 4.45. The van der Waals surface area contributed by atoms with E-state index in [0.717, 1.165) is 24.4 Å². The van der Waals surface area contributed by atoms with Gasteiger partial charge in [-0.3, -0.25) is 4.79 Å². The summed E-state index contributed by atoms with van der Waals surface area (Å²) in [5, 5.41) is 6.28. The first-order valence-electron chi connectivity index (χ1n) is 5.98. The summed E-state index contributed by atoms with van der Waals surface area (Å²) in [5.41, 5.74) is 0. The summed E-state index contributed by atoms with van der Waals surface area (Å²) in [7, 11) is 0. The molecule has 1 heterocycles. The number of amides is 1. The number of hydrogen-bond donors (Lipinski definition) is 2. The molecule has 2 N–H and O–H groups in total. The van der Waals surface area contributed by atoms with Crippen LogP contribution in [0.4, 0.5) is 0 Å². The van der Waals surface area contributed by atoms with Crippen LogP contribution >= 0.6 is 11.8 Å². The Labute approximate surface area is 106 Å². The van der Waals surface area contributed by atoms with Crippen molar-refractivity contribution < 1.29 is 4.79 Å². The predicted octanol–water partition coefficient (Wildman–Crippen LogP) is 1.65. The SMILES string of the molecule is CC(Sc1ccccc1)C(=O)NC1CCNC1. The fourth-order valence-electron chi connectivity index (χ4n) is 1.85. The third kappa shape index (κ3) is 3.75. The molecular weight excluding hydrogens is 232 g/mol. The highest BCUT2D eigenvalue weighted by Crippen LogP contribution is 2.22. The lowest BCUT2D eigenvalue weighted by atomic mass is 10.2. The summed E-state index contributed by atoms with van der Waals surface area (Å²) in [6, 6.07) is 10.3. The van der Waals surface area contributed by atoms with Crippen LogP contribution in [0.25, 0.3) is 0 Å². The molecule has 1 fully saturated rings. The second-order valence-electron chi connectivity index (χ2n) is 4.27. The first-order chi connectivity index (χ1) is 8.25. The summed E-state index contributed by atoms with van der Waals surface area (Å²) in [6.45, 7) is 3.86. The van der Waals surface area contributed by atoms with Gasteiger partial charge in [-0.25, -0.2) is 0 Å². The molecule has 2 rings (SSSR count). The van der Waals surface area contributed by atoms with Gasteiger partial charge in [0.2, 0.25) is 5.91 Å². The number of thioether (sulfide) groups is 1. The lowest BCUT2D eigenvalue weighted by Crippen LogP contribution is -2.40. The van der Waals surface area contributed by atoms with E-state index in [9.17, 15) is 4.79 Å². The molecule has 0 spiro atoms. The van der Waals surface area contributed by atoms with Crippen molar-refractivity contribution in [1.29, 1.82) is 0 Å². The van der Waals surface area contributed by atoms with Gasteiger partial charge in [-0.2, -0.15) is 0 Å². The van der Waals surface area contributed by atoms with E-state index in [1.165, 1.54) is 0 Å². The van der Waals surface area contributed by atoms with E-state index in [0.29, 0.717) is 6.04 Å². The van der Waals surface area contributed by atoms with Gasteiger partial charge in [0.05, 0.1) is 5.25 Å². The van der Waals surface area contributed by atoms with Crippen LogP contribution < -0.4 is 10.6 Å². The van der Waals surface area contributed by atoms with E-state index < -0.39 is 0 Å². The average Bonchev–Trinajstić information content (AvgIpc) is 2.83. The third-order valence-corrected chi connectivity index (χ3v) is 3.94. The molecule has 0 radical (unpaired) electrons. The van der Waals surface area contributed by atoms with Crippen molar-refractivity contribution >= 4 is 17.7 Å². The first-order valence-corrected chi connectivity index (χ1v) is 6.86. The smallest absolute Gasteiger partial charge is 0.233 e. The van der Waals surface area contributed by atoms with Crippen LogP contribution in [0.1, 0.15) is 13.3 Å². The van der Waals surface area contributed by atoms with Crippen LogP contribution in [0.3, 0.4) is 0 Å². The molecule has 1 saturated heterocycles. The van der Waals surface area contributed by atoms with Crippen molar-refractivity contribution in [2.75, 3.05) is 13.1 Å². The fraction of sp³-hybridized carbons (Fsp3) is 0.462. The Hall–Kier alpha value is -1.00. The van der Waals surface area contributed by atoms with Crippen LogP contribution in [0.2, 0.25) is 0 Å². The van der Waals surface area contributed by atoms with Crippen LogP contribution in [0.15, 0.2) is 35.2 Å². The summed E-state index contributed by atoms with van der Waals surface area (Å²) in [5.74, 6) is 0.132. The summed E-state index contributed by atoms with van der Waals surface area (Å²) < 4.78 is 0. The van der Waals surface area contributed by atoms with Gasteiger partial charge in [-0.15, -0.1) is 11.8 Å². The van der Waals surface area contributed by atoms with Crippen molar-refractivity contribution in [3.05, 3.63) is 30.3 Å². The van der Waals surface area contributed by atoms with E-state index in [2.05, 4.69) is 10.6 Å². The molecule has 92 valence electrons. The standard InChI is InChI=1S/C13H18N2OS/c1-10(17-12-5-3-2-4-6-12)13(16)15-11-7-8-14-9-11/h2-6,10-11,14H,7-9H2,1H3,(H,15,16). The summed E-state index contributed by atoms with van der Waals surface area (Å²) in [4.78, 5) is 13.1. The van der Waals surface area contributed by atoms with Gasteiger partial charge in [-0.1, -0.05) is 18.2 Å². The van der Waals surface area contributed by atoms with Gasteiger partial charge in [0.1, 0.15) is 0 Å². The molecule has 4 heteroatoms. The lowest BCUT2D eigenvalue weighted by Gasteiger charge is -2.15. The molecule has 1 aromatic carbocycles. The van der Waals surface area contributed by atoms with Gasteiger partial charge in [0, 0.05) is 17.5 Å². The maximum Gasteiger partial charge on any atom is 0.233 e. The van der Waals surface area contributed by atoms with E-state index >= 15 is 0 Å². The van der Waals surface area contributed by atoms with Gasteiger partial charge in [0.25, 0.3) is 0 Å². The van der Waals surface area contributed by atoms with Crippen LogP contribution in [-0.2, 0) is 4.79 Å². The Bertz CT molecular complexity index is 363. The van der Waals surface area contributed by atoms with Crippen molar-refractivity contribution in [2.45, 2.75) is 29.5 Å². The van der Waals surface area contributed by atoms with Crippen LogP contribution in [0, 0.1) is 0 Å². The van der Waals surface area contributed by atoms with Gasteiger partial charge < -0.3 is 10.6 Å². The lowest BCUT2D eigenvalue weighted by molar-refractivity contribution is -0.120. The maximum atomic E-state index is 11.9. The van der Waals surface area contributed by atoms with Crippen molar-refractivity contribution in [2.24, 2.45) is 0 Å². The van der Waals surface area contributed by atoms with Crippen LogP contribution in [-0.4, -0.2) is 30.3 Å². The zero-order chi connectivity index (χ0) is 12.1. The maximum absolute atomic E-state index is 11.9. The molecule has 0 bridgehead atoms. The topological polar surface area (TPSA) is 41.1 Å². The molecular formula is C13H18N2OS. The second-order valence-corrected chi connectivity index (χ2v) is 5.69. The summed E-state index contributed by atoms with van der Waals surface area (Å²) >= 11 is 1.60. The van der Waals surface area contributed by atoms with Gasteiger partial charge in [-0.05, 0) is 32.0 Å². The highest BCUT2D eigenvalue weighted by Gasteiger charge is 2.20. The number of hydrogen-bond acceptors (Lipinski definition) is 3. The molecule has 0 aliphatic carbocycles. The van der Waals surface area contributed by atoms with Crippen molar-refractivity contribution in [3.8, 4) is 0 Å². The second kappa shape index (κ2) is 6.07. The highest BCUT2D eigenvalue weighted by atomic mass is 32.2. The number of nitrogens with one attached hydrogen (secondary N) is 2. The first kappa shape index (κ1) is 12.5. The highest BCUT2D eigenvalue weighted by molar-refractivity contribution is 8.00. The minimum absolute atomic E-state index is 0.0435. The molecule has 1 amide bonds. The van der Waals surface area contributed by atoms with E-state index in [1.54, 1.807) is 11.8 Å². The number of carbonyl (C=O) groups is 1. The molecule has 2 atom stereocenters. The molecule has 1 aliphatic rings. The molecule has 3 nitrogen and oxygen atoms in total. The van der Waals surface area contributed by atoms with Gasteiger partial charge >= 0.3 is 0 Å². The van der Waals surface area contributed by atoms with Gasteiger partial charge in [0.15, 0.2) is 0 Å². The van der Waals surface area contributed by atoms with Crippen LogP contribution in [0.5, 0.6) is 0 Å². The largest absolute Gasteiger partial charge is 0.351 e. The Morgan fingerprint density at radius 2 is 2.24 bits per heavy atom. The molecule has 17 heavy (non-hydrogen) atoms. The normalized spacial score (nSPS) is 21.1. The minimum atomic E-state index is -0.0435. The molecule has 1 aromatic rings. The van der Waals surface area contributed by atoms with E-state index in [4.69, 9.17) is 0 Å². The molecule has 2 unspecified atom stereocenters. The number of carbonyl (C=O) groups excluding carboxylic acids is 1. The van der Waals surface area contributed by atoms with Crippen molar-refractivity contribution in [3.63, 3.8) is 0 Å². The average molecular weight is 250 g/mol. The Morgan fingerprint density at radius 1 is 1.47 bits per heavy atom. The molecule has 1 aliphatic heterocycles. The zero-order valence-corrected chi connectivity index (χ0v) is 10.8. The zero-order valence-electron chi connectivity index (χ0n) is 9.98. The Morgan fingerprint density at radius 3 is 2.88 bits per heavy atom. The molecule has 0 aromatic heterocycles. The third-order valence-electron chi connectivity index (χ3n) is 2.83. The number of benzene rings is 1. The predicted molar refractivity (Wildman–Crippen MR) is 71.2 cm³/mol. The monoisotopic (exact) mass is 250 g/mol. The molecule has 0 saturated carbocycles. The minimum Gasteiger partial charge on any atom is -0.351 e. The van der Waals surface area contributed by atoms with E-state index in [1.807, 2.05) is 37.3 Å². The van der Waals surface area contributed by atoms with Crippen molar-refractivity contribution in [1.82, 2.24) is 10.6 Å². The summed E-state index contributed by atoms with van der Waals surface area (Å²) in [6.07, 6.45) is 1.04. The quantitative estimate of drug-likeness (QED) is 0.798. The Balaban J connectivity index is 1.82.